The SMILES string of the molecule is CCCCNC(=O)C1N([C@H](C)CO)C(=O)[C@@H]2[C@@H](C(=O)Nc3ccccc3)[C@@]3(CC)CCC12O3. The summed E-state index contributed by atoms with van der Waals surface area (Å²) in [7, 11) is 0. The number of unbranched alkanes of at least 4 members (excludes halogenated alkanes) is 1. The summed E-state index contributed by atoms with van der Waals surface area (Å²) in [6.07, 6.45) is 3.49. The minimum Gasteiger partial charge on any atom is -0.394 e. The van der Waals surface area contributed by atoms with Crippen LogP contribution in [0, 0.1) is 11.8 Å². The van der Waals surface area contributed by atoms with Crippen molar-refractivity contribution in [1.82, 2.24) is 10.2 Å². The molecule has 0 aromatic heterocycles. The number of nitrogens with one attached hydrogen (secondary N) is 2. The zero-order chi connectivity index (χ0) is 23.8. The van der Waals surface area contributed by atoms with Gasteiger partial charge in [-0.1, -0.05) is 38.5 Å². The second kappa shape index (κ2) is 9.06. The molecular formula is C25H35N3O5. The molecule has 1 spiro atoms. The fourth-order valence-corrected chi connectivity index (χ4v) is 6.14. The van der Waals surface area contributed by atoms with Crippen LogP contribution in [0.1, 0.15) is 52.9 Å². The lowest BCUT2D eigenvalue weighted by molar-refractivity contribution is -0.149. The highest BCUT2D eigenvalue weighted by atomic mass is 16.5. The third-order valence-electron chi connectivity index (χ3n) is 7.76. The number of aliphatic hydroxyl groups excluding tert-OH is 1. The molecule has 3 aliphatic heterocycles. The number of hydrogen-bond donors (Lipinski definition) is 3. The lowest BCUT2D eigenvalue weighted by Crippen LogP contribution is -2.57. The Morgan fingerprint density at radius 1 is 1.21 bits per heavy atom. The Morgan fingerprint density at radius 3 is 2.58 bits per heavy atom. The van der Waals surface area contributed by atoms with Gasteiger partial charge in [0.15, 0.2) is 0 Å². The van der Waals surface area contributed by atoms with Crippen molar-refractivity contribution in [2.45, 2.75) is 76.2 Å². The average Bonchev–Trinajstić information content (AvgIpc) is 3.43. The number of fused-ring (bicyclic) bond motifs is 1. The highest BCUT2D eigenvalue weighted by Gasteiger charge is 2.78. The number of nitrogens with zero attached hydrogens (tertiary/aromatic N) is 1. The van der Waals surface area contributed by atoms with Gasteiger partial charge in [-0.3, -0.25) is 14.4 Å². The molecule has 0 aliphatic carbocycles. The van der Waals surface area contributed by atoms with Crippen LogP contribution in [0.5, 0.6) is 0 Å². The summed E-state index contributed by atoms with van der Waals surface area (Å²) in [6.45, 7) is 5.98. The lowest BCUT2D eigenvalue weighted by atomic mass is 9.65. The molecule has 2 unspecified atom stereocenters. The summed E-state index contributed by atoms with van der Waals surface area (Å²) < 4.78 is 6.66. The summed E-state index contributed by atoms with van der Waals surface area (Å²) in [5.74, 6) is -2.27. The van der Waals surface area contributed by atoms with Crippen molar-refractivity contribution in [1.29, 1.82) is 0 Å². The van der Waals surface area contributed by atoms with Crippen LogP contribution in [0.3, 0.4) is 0 Å². The topological polar surface area (TPSA) is 108 Å². The van der Waals surface area contributed by atoms with E-state index in [1.54, 1.807) is 19.1 Å². The molecule has 8 heteroatoms. The van der Waals surface area contributed by atoms with Crippen LogP contribution in [0.15, 0.2) is 30.3 Å². The van der Waals surface area contributed by atoms with Crippen molar-refractivity contribution in [3.05, 3.63) is 30.3 Å². The van der Waals surface area contributed by atoms with Crippen molar-refractivity contribution in [3.63, 3.8) is 0 Å². The van der Waals surface area contributed by atoms with E-state index >= 15 is 0 Å². The molecule has 1 aromatic carbocycles. The molecule has 0 saturated carbocycles. The summed E-state index contributed by atoms with van der Waals surface area (Å²) in [4.78, 5) is 42.3. The van der Waals surface area contributed by atoms with Crippen LogP contribution in [0.4, 0.5) is 5.69 Å². The number of aliphatic hydroxyl groups is 1. The Labute approximate surface area is 195 Å². The van der Waals surface area contributed by atoms with Gasteiger partial charge in [0.05, 0.1) is 30.1 Å². The standard InChI is InChI=1S/C25H35N3O5/c1-4-6-14-26-22(31)20-25-13-12-24(5-2,33-25)18(19(25)23(32)28(20)16(3)15-29)21(30)27-17-10-8-7-9-11-17/h7-11,16,18-20,29H,4-6,12-15H2,1-3H3,(H,26,31)(H,27,30)/t16-,18+,19+,20?,24-,25?/m1/s1. The van der Waals surface area contributed by atoms with Crippen LogP contribution >= 0.6 is 0 Å². The van der Waals surface area contributed by atoms with Crippen molar-refractivity contribution in [2.24, 2.45) is 11.8 Å². The number of hydrogen-bond acceptors (Lipinski definition) is 5. The number of carbonyl (C=O) groups excluding carboxylic acids is 3. The van der Waals surface area contributed by atoms with Crippen LogP contribution in [-0.2, 0) is 19.1 Å². The Hall–Kier alpha value is -2.45. The molecule has 180 valence electrons. The van der Waals surface area contributed by atoms with Gasteiger partial charge >= 0.3 is 0 Å². The van der Waals surface area contributed by atoms with Crippen molar-refractivity contribution < 1.29 is 24.2 Å². The molecule has 3 N–H and O–H groups in total. The van der Waals surface area contributed by atoms with Gasteiger partial charge in [0.1, 0.15) is 11.6 Å². The molecule has 33 heavy (non-hydrogen) atoms. The number of likely N-dealkylation sites (tertiary alicyclic amines) is 1. The highest BCUT2D eigenvalue weighted by Crippen LogP contribution is 2.64. The summed E-state index contributed by atoms with van der Waals surface area (Å²) in [6, 6.07) is 7.74. The quantitative estimate of drug-likeness (QED) is 0.492. The molecule has 0 radical (unpaired) electrons. The molecule has 3 amide bonds. The van der Waals surface area contributed by atoms with Gasteiger partial charge in [-0.25, -0.2) is 0 Å². The minimum absolute atomic E-state index is 0.258. The van der Waals surface area contributed by atoms with Gasteiger partial charge < -0.3 is 25.4 Å². The third kappa shape index (κ3) is 3.64. The number of carbonyl (C=O) groups is 3. The average molecular weight is 458 g/mol. The van der Waals surface area contributed by atoms with Gasteiger partial charge in [0, 0.05) is 12.2 Å². The maximum absolute atomic E-state index is 13.8. The molecule has 8 nitrogen and oxygen atoms in total. The number of rotatable bonds is 9. The fraction of sp³-hybridized carbons (Fsp3) is 0.640. The number of anilines is 1. The van der Waals surface area contributed by atoms with Gasteiger partial charge in [-0.05, 0) is 44.7 Å². The predicted octanol–water partition coefficient (Wildman–Crippen LogP) is 2.08. The molecule has 3 heterocycles. The number of amides is 3. The summed E-state index contributed by atoms with van der Waals surface area (Å²) in [5.41, 5.74) is -1.19. The third-order valence-corrected chi connectivity index (χ3v) is 7.76. The monoisotopic (exact) mass is 457 g/mol. The van der Waals surface area contributed by atoms with Crippen molar-refractivity contribution >= 4 is 23.4 Å². The van der Waals surface area contributed by atoms with E-state index in [1.807, 2.05) is 32.0 Å². The molecule has 3 saturated heterocycles. The number of para-hydroxylation sites is 1. The van der Waals surface area contributed by atoms with Crippen LogP contribution in [0.2, 0.25) is 0 Å². The van der Waals surface area contributed by atoms with E-state index in [2.05, 4.69) is 10.6 Å². The van der Waals surface area contributed by atoms with Crippen molar-refractivity contribution in [3.8, 4) is 0 Å². The molecule has 1 aromatic rings. The van der Waals surface area contributed by atoms with E-state index in [0.717, 1.165) is 12.8 Å². The van der Waals surface area contributed by atoms with E-state index in [9.17, 15) is 19.5 Å². The smallest absolute Gasteiger partial charge is 0.245 e. The number of ether oxygens (including phenoxy) is 1. The van der Waals surface area contributed by atoms with Gasteiger partial charge in [-0.2, -0.15) is 0 Å². The first-order valence-corrected chi connectivity index (χ1v) is 12.1. The lowest BCUT2D eigenvalue weighted by Gasteiger charge is -2.36. The first-order valence-electron chi connectivity index (χ1n) is 12.1. The minimum atomic E-state index is -1.06. The van der Waals surface area contributed by atoms with E-state index in [1.165, 1.54) is 4.90 Å². The Balaban J connectivity index is 1.72. The second-order valence-electron chi connectivity index (χ2n) is 9.61. The molecule has 3 aliphatic rings. The van der Waals surface area contributed by atoms with Gasteiger partial charge in [-0.15, -0.1) is 0 Å². The summed E-state index contributed by atoms with van der Waals surface area (Å²) in [5, 5.41) is 15.8. The highest BCUT2D eigenvalue weighted by molar-refractivity contribution is 6.02. The maximum Gasteiger partial charge on any atom is 0.245 e. The normalized spacial score (nSPS) is 33.2. The maximum atomic E-state index is 13.8. The Bertz CT molecular complexity index is 909. The first kappa shape index (κ1) is 23.7. The van der Waals surface area contributed by atoms with Crippen LogP contribution < -0.4 is 10.6 Å². The van der Waals surface area contributed by atoms with Gasteiger partial charge in [0.25, 0.3) is 0 Å². The van der Waals surface area contributed by atoms with Crippen LogP contribution in [-0.4, -0.2) is 64.2 Å². The molecule has 2 bridgehead atoms. The van der Waals surface area contributed by atoms with E-state index in [-0.39, 0.29) is 24.3 Å². The molecule has 6 atom stereocenters. The van der Waals surface area contributed by atoms with E-state index in [4.69, 9.17) is 4.74 Å². The first-order chi connectivity index (χ1) is 15.8. The number of benzene rings is 1. The zero-order valence-corrected chi connectivity index (χ0v) is 19.7. The second-order valence-corrected chi connectivity index (χ2v) is 9.61. The van der Waals surface area contributed by atoms with Crippen LogP contribution in [0.25, 0.3) is 0 Å². The largest absolute Gasteiger partial charge is 0.394 e. The van der Waals surface area contributed by atoms with Crippen molar-refractivity contribution in [2.75, 3.05) is 18.5 Å². The van der Waals surface area contributed by atoms with E-state index in [0.29, 0.717) is 31.5 Å². The van der Waals surface area contributed by atoms with E-state index < -0.39 is 35.1 Å². The molecule has 3 fully saturated rings. The Kier molecular flexibility index (Phi) is 6.51. The molecule has 4 rings (SSSR count). The summed E-state index contributed by atoms with van der Waals surface area (Å²) >= 11 is 0. The fourth-order valence-electron chi connectivity index (χ4n) is 6.14. The Morgan fingerprint density at radius 2 is 1.94 bits per heavy atom. The predicted molar refractivity (Wildman–Crippen MR) is 123 cm³/mol. The zero-order valence-electron chi connectivity index (χ0n) is 19.7. The van der Waals surface area contributed by atoms with Gasteiger partial charge in [0.2, 0.25) is 17.7 Å². The molecular weight excluding hydrogens is 422 g/mol.